The van der Waals surface area contributed by atoms with Gasteiger partial charge in [-0.1, -0.05) is 77.8 Å². The Morgan fingerprint density at radius 1 is 0.975 bits per heavy atom. The monoisotopic (exact) mass is 599 g/mol. The molecule has 9 heteroatoms. The molecule has 1 aliphatic heterocycles. The molecule has 1 heterocycles. The number of rotatable bonds is 7. The van der Waals surface area contributed by atoms with Crippen LogP contribution in [0.4, 0.5) is 0 Å². The van der Waals surface area contributed by atoms with E-state index in [1.165, 1.54) is 28.1 Å². The molecular formula is C31H35Cl2N3O3S. The first-order chi connectivity index (χ1) is 19.1. The van der Waals surface area contributed by atoms with Crippen LogP contribution in [0.3, 0.4) is 0 Å². The molecule has 0 bridgehead atoms. The Balaban J connectivity index is 1.34. The zero-order valence-corrected chi connectivity index (χ0v) is 25.1. The van der Waals surface area contributed by atoms with Gasteiger partial charge in [-0.25, -0.2) is 8.42 Å². The fourth-order valence-corrected chi connectivity index (χ4v) is 8.34. The van der Waals surface area contributed by atoms with E-state index in [1.807, 2.05) is 30.3 Å². The molecule has 1 unspecified atom stereocenters. The number of carbonyl (C=O) groups is 1. The summed E-state index contributed by atoms with van der Waals surface area (Å²) >= 11 is 12.2. The van der Waals surface area contributed by atoms with Crippen LogP contribution < -0.4 is 5.32 Å². The maximum atomic E-state index is 13.8. The highest BCUT2D eigenvalue weighted by atomic mass is 35.5. The second kappa shape index (κ2) is 11.8. The van der Waals surface area contributed by atoms with Gasteiger partial charge in [0.2, 0.25) is 15.9 Å². The molecule has 1 atom stereocenters. The third kappa shape index (κ3) is 5.68. The summed E-state index contributed by atoms with van der Waals surface area (Å²) in [6, 6.07) is 22.1. The minimum atomic E-state index is -3.92. The third-order valence-electron chi connectivity index (χ3n) is 8.58. The van der Waals surface area contributed by atoms with Crippen molar-refractivity contribution in [2.75, 3.05) is 20.6 Å². The molecule has 1 fully saturated rings. The molecule has 6 nitrogen and oxygen atoms in total. The number of sulfonamides is 1. The van der Waals surface area contributed by atoms with Crippen molar-refractivity contribution in [2.24, 2.45) is 0 Å². The molecule has 2 aliphatic rings. The van der Waals surface area contributed by atoms with Crippen molar-refractivity contribution >= 4 is 39.1 Å². The van der Waals surface area contributed by atoms with Crippen LogP contribution in [0.2, 0.25) is 10.0 Å². The Hall–Kier alpha value is -2.42. The summed E-state index contributed by atoms with van der Waals surface area (Å²) in [7, 11) is 0.318. The average Bonchev–Trinajstić information content (AvgIpc) is 2.95. The first kappa shape index (κ1) is 29.1. The third-order valence-corrected chi connectivity index (χ3v) is 11.2. The van der Waals surface area contributed by atoms with Gasteiger partial charge in [0.05, 0.1) is 21.0 Å². The fraction of sp³-hybridized carbons (Fsp3) is 0.387. The van der Waals surface area contributed by atoms with Crippen LogP contribution in [-0.2, 0) is 26.8 Å². The quantitative estimate of drug-likeness (QED) is 0.351. The molecule has 5 rings (SSSR count). The number of halogens is 2. The lowest BCUT2D eigenvalue weighted by molar-refractivity contribution is -0.123. The van der Waals surface area contributed by atoms with Gasteiger partial charge in [0, 0.05) is 24.5 Å². The van der Waals surface area contributed by atoms with Crippen LogP contribution >= 0.6 is 23.2 Å². The lowest BCUT2D eigenvalue weighted by Gasteiger charge is -2.45. The first-order valence-corrected chi connectivity index (χ1v) is 15.9. The predicted molar refractivity (Wildman–Crippen MR) is 160 cm³/mol. The highest BCUT2D eigenvalue weighted by Gasteiger charge is 2.41. The molecule has 0 radical (unpaired) electrons. The smallest absolute Gasteiger partial charge is 0.243 e. The maximum Gasteiger partial charge on any atom is 0.243 e. The molecule has 0 saturated heterocycles. The number of hydrogen-bond acceptors (Lipinski definition) is 4. The van der Waals surface area contributed by atoms with Gasteiger partial charge in [-0.05, 0) is 81.1 Å². The molecule has 3 aromatic rings. The molecular weight excluding hydrogens is 565 g/mol. The van der Waals surface area contributed by atoms with Crippen molar-refractivity contribution in [2.45, 2.75) is 61.0 Å². The number of nitrogens with one attached hydrogen (secondary N) is 1. The van der Waals surface area contributed by atoms with Gasteiger partial charge in [-0.3, -0.25) is 9.69 Å². The summed E-state index contributed by atoms with van der Waals surface area (Å²) < 4.78 is 29.0. The lowest BCUT2D eigenvalue weighted by atomic mass is 9.74. The summed E-state index contributed by atoms with van der Waals surface area (Å²) in [5.74, 6) is -0.141. The Morgan fingerprint density at radius 3 is 2.33 bits per heavy atom. The molecule has 1 aliphatic carbocycles. The Morgan fingerprint density at radius 2 is 1.65 bits per heavy atom. The minimum Gasteiger partial charge on any atom is -0.353 e. The zero-order valence-electron chi connectivity index (χ0n) is 22.8. The largest absolute Gasteiger partial charge is 0.353 e. The van der Waals surface area contributed by atoms with Crippen LogP contribution in [0.5, 0.6) is 0 Å². The molecule has 0 spiro atoms. The lowest BCUT2D eigenvalue weighted by Crippen LogP contribution is -2.49. The summed E-state index contributed by atoms with van der Waals surface area (Å²) in [5, 5.41) is 3.70. The van der Waals surface area contributed by atoms with Crippen LogP contribution in [0.15, 0.2) is 77.7 Å². The Labute approximate surface area is 247 Å². The number of amides is 1. The summed E-state index contributed by atoms with van der Waals surface area (Å²) in [5.41, 5.74) is 3.17. The van der Waals surface area contributed by atoms with E-state index in [1.54, 1.807) is 0 Å². The fourth-order valence-electron chi connectivity index (χ4n) is 6.35. The molecule has 0 aromatic heterocycles. The van der Waals surface area contributed by atoms with Crippen molar-refractivity contribution in [3.8, 4) is 0 Å². The van der Waals surface area contributed by atoms with E-state index in [0.29, 0.717) is 11.4 Å². The highest BCUT2D eigenvalue weighted by molar-refractivity contribution is 7.89. The van der Waals surface area contributed by atoms with E-state index in [0.717, 1.165) is 36.8 Å². The van der Waals surface area contributed by atoms with E-state index >= 15 is 0 Å². The second-order valence-electron chi connectivity index (χ2n) is 11.0. The van der Waals surface area contributed by atoms with Gasteiger partial charge < -0.3 is 5.32 Å². The Bertz CT molecular complexity index is 1470. The average molecular weight is 601 g/mol. The summed E-state index contributed by atoms with van der Waals surface area (Å²) in [6.45, 7) is 0.281. The van der Waals surface area contributed by atoms with Gasteiger partial charge in [0.1, 0.15) is 0 Å². The van der Waals surface area contributed by atoms with Gasteiger partial charge in [0.25, 0.3) is 0 Å². The molecule has 212 valence electrons. The first-order valence-electron chi connectivity index (χ1n) is 13.7. The second-order valence-corrected chi connectivity index (χ2v) is 13.7. The van der Waals surface area contributed by atoms with Crippen molar-refractivity contribution in [1.82, 2.24) is 14.5 Å². The SMILES string of the molecule is CN(C)C1(c2ccccc2)CCC(NC(=O)CC2c3ccccc3CCN2S(=O)(=O)c2ccc(Cl)c(Cl)c2)CC1. The normalized spacial score (nSPS) is 23.5. The van der Waals surface area contributed by atoms with Gasteiger partial charge in [0.15, 0.2) is 0 Å². The van der Waals surface area contributed by atoms with E-state index in [9.17, 15) is 13.2 Å². The molecule has 1 N–H and O–H groups in total. The zero-order chi connectivity index (χ0) is 28.5. The molecule has 40 heavy (non-hydrogen) atoms. The van der Waals surface area contributed by atoms with Crippen LogP contribution in [0.25, 0.3) is 0 Å². The number of benzene rings is 3. The van der Waals surface area contributed by atoms with Crippen LogP contribution in [0, 0.1) is 0 Å². The highest BCUT2D eigenvalue weighted by Crippen LogP contribution is 2.42. The van der Waals surface area contributed by atoms with Crippen molar-refractivity contribution in [3.63, 3.8) is 0 Å². The Kier molecular flexibility index (Phi) is 8.60. The number of nitrogens with zero attached hydrogens (tertiary/aromatic N) is 2. The number of hydrogen-bond donors (Lipinski definition) is 1. The topological polar surface area (TPSA) is 69.7 Å². The molecule has 1 saturated carbocycles. The number of carbonyl (C=O) groups excluding carboxylic acids is 1. The minimum absolute atomic E-state index is 0.0447. The van der Waals surface area contributed by atoms with Crippen LogP contribution in [-0.4, -0.2) is 50.2 Å². The predicted octanol–water partition coefficient (Wildman–Crippen LogP) is 6.19. The molecule has 1 amide bonds. The van der Waals surface area contributed by atoms with Crippen molar-refractivity contribution in [3.05, 3.63) is 99.5 Å². The number of fused-ring (bicyclic) bond motifs is 1. The van der Waals surface area contributed by atoms with E-state index in [-0.39, 0.29) is 40.4 Å². The van der Waals surface area contributed by atoms with Gasteiger partial charge in [-0.2, -0.15) is 4.31 Å². The molecule has 3 aromatic carbocycles. The van der Waals surface area contributed by atoms with E-state index in [4.69, 9.17) is 23.2 Å². The van der Waals surface area contributed by atoms with E-state index in [2.05, 4.69) is 48.6 Å². The van der Waals surface area contributed by atoms with Crippen LogP contribution in [0.1, 0.15) is 54.8 Å². The van der Waals surface area contributed by atoms with Gasteiger partial charge in [-0.15, -0.1) is 0 Å². The standard InChI is InChI=1S/C31H35Cl2N3O3S/c1-35(2)31(23-9-4-3-5-10-23)17-14-24(15-18-31)34-30(37)21-29-26-11-7-6-8-22(26)16-19-36(29)40(38,39)25-12-13-27(32)28(33)20-25/h3-13,20,24,29H,14-19,21H2,1-2H3,(H,34,37). The van der Waals surface area contributed by atoms with Crippen molar-refractivity contribution < 1.29 is 13.2 Å². The summed E-state index contributed by atoms with van der Waals surface area (Å²) in [4.78, 5) is 15.8. The maximum absolute atomic E-state index is 13.8. The summed E-state index contributed by atoms with van der Waals surface area (Å²) in [6.07, 6.45) is 4.18. The van der Waals surface area contributed by atoms with E-state index < -0.39 is 16.1 Å². The van der Waals surface area contributed by atoms with Crippen molar-refractivity contribution in [1.29, 1.82) is 0 Å². The van der Waals surface area contributed by atoms with Gasteiger partial charge >= 0.3 is 0 Å².